The second kappa shape index (κ2) is 8.06. The second-order valence-corrected chi connectivity index (χ2v) is 8.04. The van der Waals surface area contributed by atoms with Crippen LogP contribution in [0.2, 0.25) is 0 Å². The highest BCUT2D eigenvalue weighted by Crippen LogP contribution is 2.31. The molecule has 6 nitrogen and oxygen atoms in total. The number of amides is 2. The van der Waals surface area contributed by atoms with Crippen molar-refractivity contribution >= 4 is 34.5 Å². The van der Waals surface area contributed by atoms with E-state index in [1.165, 1.54) is 12.1 Å². The maximum atomic E-state index is 12.7. The lowest BCUT2D eigenvalue weighted by Gasteiger charge is -2.29. The third kappa shape index (κ3) is 4.01. The standard InChI is InChI=1S/C22H23N3O3S/c1-13(2)22(28,21(24)27)16-8-5-14(6-9-16)20(26)25-18-12-15(7-10-17(18)23)19-4-3-11-29-19/h3-13,28H,23H2,1-2H3,(H2,24,27)(H,25,26). The summed E-state index contributed by atoms with van der Waals surface area (Å²) in [6, 6.07) is 15.6. The van der Waals surface area contributed by atoms with Crippen LogP contribution in [0.25, 0.3) is 10.4 Å². The van der Waals surface area contributed by atoms with Crippen LogP contribution in [-0.2, 0) is 10.4 Å². The monoisotopic (exact) mass is 409 g/mol. The number of thiophene rings is 1. The quantitative estimate of drug-likeness (QED) is 0.465. The third-order valence-electron chi connectivity index (χ3n) is 4.91. The first-order valence-electron chi connectivity index (χ1n) is 9.11. The highest BCUT2D eigenvalue weighted by atomic mass is 32.1. The van der Waals surface area contributed by atoms with Crippen molar-refractivity contribution < 1.29 is 14.7 Å². The third-order valence-corrected chi connectivity index (χ3v) is 5.82. The fraction of sp³-hybridized carbons (Fsp3) is 0.182. The fourth-order valence-corrected chi connectivity index (χ4v) is 3.81. The molecule has 0 radical (unpaired) electrons. The van der Waals surface area contributed by atoms with Crippen LogP contribution in [0.5, 0.6) is 0 Å². The number of nitrogens with two attached hydrogens (primary N) is 2. The van der Waals surface area contributed by atoms with Gasteiger partial charge in [0.15, 0.2) is 5.60 Å². The van der Waals surface area contributed by atoms with E-state index in [1.807, 2.05) is 29.6 Å². The second-order valence-electron chi connectivity index (χ2n) is 7.10. The van der Waals surface area contributed by atoms with Gasteiger partial charge in [-0.25, -0.2) is 0 Å². The summed E-state index contributed by atoms with van der Waals surface area (Å²) in [5, 5.41) is 15.5. The van der Waals surface area contributed by atoms with E-state index in [4.69, 9.17) is 11.5 Å². The molecule has 3 aromatic rings. The number of anilines is 2. The van der Waals surface area contributed by atoms with Crippen molar-refractivity contribution in [2.75, 3.05) is 11.1 Å². The lowest BCUT2D eigenvalue weighted by Crippen LogP contribution is -2.45. The van der Waals surface area contributed by atoms with Gasteiger partial charge in [-0.2, -0.15) is 0 Å². The van der Waals surface area contributed by atoms with Crippen molar-refractivity contribution in [2.45, 2.75) is 19.4 Å². The summed E-state index contributed by atoms with van der Waals surface area (Å²) in [7, 11) is 0. The number of primary amides is 1. The predicted octanol–water partition coefficient (Wildman–Crippen LogP) is 3.58. The van der Waals surface area contributed by atoms with Crippen molar-refractivity contribution in [1.29, 1.82) is 0 Å². The van der Waals surface area contributed by atoms with Gasteiger partial charge in [0.25, 0.3) is 11.8 Å². The molecule has 150 valence electrons. The number of hydrogen-bond acceptors (Lipinski definition) is 5. The number of aliphatic hydroxyl groups is 1. The van der Waals surface area contributed by atoms with Gasteiger partial charge in [0.05, 0.1) is 11.4 Å². The molecule has 1 unspecified atom stereocenters. The molecule has 2 amide bonds. The molecule has 1 heterocycles. The van der Waals surface area contributed by atoms with Crippen LogP contribution >= 0.6 is 11.3 Å². The molecule has 7 heteroatoms. The summed E-state index contributed by atoms with van der Waals surface area (Å²) in [6.07, 6.45) is 0. The summed E-state index contributed by atoms with van der Waals surface area (Å²) in [5.41, 5.74) is 12.3. The van der Waals surface area contributed by atoms with Crippen molar-refractivity contribution in [3.8, 4) is 10.4 Å². The number of nitrogen functional groups attached to an aromatic ring is 1. The number of hydrogen-bond donors (Lipinski definition) is 4. The molecule has 1 aromatic heterocycles. The molecule has 6 N–H and O–H groups in total. The highest BCUT2D eigenvalue weighted by Gasteiger charge is 2.39. The van der Waals surface area contributed by atoms with Gasteiger partial charge in [-0.3, -0.25) is 9.59 Å². The number of carbonyl (C=O) groups excluding carboxylic acids is 2. The largest absolute Gasteiger partial charge is 0.397 e. The molecule has 0 saturated carbocycles. The van der Waals surface area contributed by atoms with Crippen LogP contribution in [0.15, 0.2) is 60.0 Å². The number of rotatable bonds is 6. The van der Waals surface area contributed by atoms with E-state index in [9.17, 15) is 14.7 Å². The Hall–Kier alpha value is -3.16. The Labute approximate surface area is 173 Å². The Morgan fingerprint density at radius 2 is 1.79 bits per heavy atom. The average Bonchev–Trinajstić information content (AvgIpc) is 3.23. The smallest absolute Gasteiger partial charge is 0.255 e. The molecule has 0 aliphatic rings. The minimum atomic E-state index is -1.80. The zero-order chi connectivity index (χ0) is 21.2. The van der Waals surface area contributed by atoms with Gasteiger partial charge in [0.2, 0.25) is 0 Å². The summed E-state index contributed by atoms with van der Waals surface area (Å²) in [5.74, 6) is -1.60. The molecule has 1 atom stereocenters. The Morgan fingerprint density at radius 1 is 1.10 bits per heavy atom. The van der Waals surface area contributed by atoms with Gasteiger partial charge in [-0.1, -0.05) is 38.1 Å². The van der Waals surface area contributed by atoms with E-state index in [-0.39, 0.29) is 5.91 Å². The Balaban J connectivity index is 1.83. The minimum absolute atomic E-state index is 0.343. The molecular weight excluding hydrogens is 386 g/mol. The van der Waals surface area contributed by atoms with Crippen molar-refractivity contribution in [2.24, 2.45) is 11.7 Å². The van der Waals surface area contributed by atoms with Crippen LogP contribution in [0, 0.1) is 5.92 Å². The van der Waals surface area contributed by atoms with E-state index < -0.39 is 17.4 Å². The number of carbonyl (C=O) groups is 2. The van der Waals surface area contributed by atoms with Crippen molar-refractivity contribution in [3.63, 3.8) is 0 Å². The van der Waals surface area contributed by atoms with E-state index in [2.05, 4.69) is 5.32 Å². The molecule has 3 rings (SSSR count). The van der Waals surface area contributed by atoms with E-state index in [1.54, 1.807) is 43.4 Å². The number of nitrogens with one attached hydrogen (secondary N) is 1. The highest BCUT2D eigenvalue weighted by molar-refractivity contribution is 7.13. The normalized spacial score (nSPS) is 13.1. The molecule has 0 fully saturated rings. The first-order valence-corrected chi connectivity index (χ1v) is 9.99. The van der Waals surface area contributed by atoms with Crippen LogP contribution in [0.3, 0.4) is 0 Å². The number of benzene rings is 2. The molecule has 0 bridgehead atoms. The zero-order valence-corrected chi connectivity index (χ0v) is 17.0. The van der Waals surface area contributed by atoms with Gasteiger partial charge in [-0.05, 0) is 52.8 Å². The van der Waals surface area contributed by atoms with Gasteiger partial charge in [-0.15, -0.1) is 11.3 Å². The van der Waals surface area contributed by atoms with Crippen LogP contribution < -0.4 is 16.8 Å². The molecule has 0 aliphatic carbocycles. The molecular formula is C22H23N3O3S. The lowest BCUT2D eigenvalue weighted by atomic mass is 9.82. The summed E-state index contributed by atoms with van der Waals surface area (Å²) in [6.45, 7) is 3.41. The van der Waals surface area contributed by atoms with Gasteiger partial charge in [0.1, 0.15) is 0 Å². The van der Waals surface area contributed by atoms with Crippen LogP contribution in [0.1, 0.15) is 29.8 Å². The molecule has 2 aromatic carbocycles. The van der Waals surface area contributed by atoms with E-state index >= 15 is 0 Å². The predicted molar refractivity (Wildman–Crippen MR) is 116 cm³/mol. The van der Waals surface area contributed by atoms with Crippen molar-refractivity contribution in [3.05, 3.63) is 71.1 Å². The molecule has 0 aliphatic heterocycles. The van der Waals surface area contributed by atoms with Crippen LogP contribution in [0.4, 0.5) is 11.4 Å². The maximum Gasteiger partial charge on any atom is 0.255 e. The van der Waals surface area contributed by atoms with Gasteiger partial charge in [0, 0.05) is 10.4 Å². The summed E-state index contributed by atoms with van der Waals surface area (Å²) < 4.78 is 0. The van der Waals surface area contributed by atoms with E-state index in [0.717, 1.165) is 10.4 Å². The molecule has 0 saturated heterocycles. The lowest BCUT2D eigenvalue weighted by molar-refractivity contribution is -0.142. The average molecular weight is 410 g/mol. The first kappa shape index (κ1) is 20.6. The Kier molecular flexibility index (Phi) is 5.72. The molecule has 29 heavy (non-hydrogen) atoms. The maximum absolute atomic E-state index is 12.7. The summed E-state index contributed by atoms with van der Waals surface area (Å²) >= 11 is 1.60. The SMILES string of the molecule is CC(C)C(O)(C(N)=O)c1ccc(C(=O)Nc2cc(-c3cccs3)ccc2N)cc1. The van der Waals surface area contributed by atoms with Crippen molar-refractivity contribution in [1.82, 2.24) is 0 Å². The Bertz CT molecular complexity index is 1030. The minimum Gasteiger partial charge on any atom is -0.397 e. The topological polar surface area (TPSA) is 118 Å². The van der Waals surface area contributed by atoms with Crippen LogP contribution in [-0.4, -0.2) is 16.9 Å². The van der Waals surface area contributed by atoms with Gasteiger partial charge < -0.3 is 21.9 Å². The zero-order valence-electron chi connectivity index (χ0n) is 16.2. The summed E-state index contributed by atoms with van der Waals surface area (Å²) in [4.78, 5) is 25.5. The van der Waals surface area contributed by atoms with Gasteiger partial charge >= 0.3 is 0 Å². The van der Waals surface area contributed by atoms with E-state index in [0.29, 0.717) is 22.5 Å². The fourth-order valence-electron chi connectivity index (χ4n) is 3.09. The Morgan fingerprint density at radius 3 is 2.34 bits per heavy atom. The first-order chi connectivity index (χ1) is 13.7. The molecule has 0 spiro atoms.